The predicted molar refractivity (Wildman–Crippen MR) is 68.1 cm³/mol. The molecule has 0 aliphatic heterocycles. The summed E-state index contributed by atoms with van der Waals surface area (Å²) in [5.41, 5.74) is 0. The van der Waals surface area contributed by atoms with Crippen LogP contribution in [0.15, 0.2) is 18.2 Å². The molecule has 0 aromatic heterocycles. The summed E-state index contributed by atoms with van der Waals surface area (Å²) in [6, 6.07) is 3.20. The van der Waals surface area contributed by atoms with Crippen LogP contribution in [0.3, 0.4) is 0 Å². The van der Waals surface area contributed by atoms with Crippen molar-refractivity contribution in [2.45, 2.75) is 36.8 Å². The molecule has 2 nitrogen and oxygen atoms in total. The number of alkyl halides is 1. The second kappa shape index (κ2) is 5.97. The lowest BCUT2D eigenvalue weighted by Gasteiger charge is -2.40. The van der Waals surface area contributed by atoms with Crippen LogP contribution in [0.4, 0.5) is 8.78 Å². The minimum Gasteiger partial charge on any atom is -0.484 e. The Kier molecular flexibility index (Phi) is 4.56. The van der Waals surface area contributed by atoms with Gasteiger partial charge in [0.2, 0.25) is 0 Å². The first-order valence-electron chi connectivity index (χ1n) is 5.99. The summed E-state index contributed by atoms with van der Waals surface area (Å²) in [5, 5.41) is 0. The summed E-state index contributed by atoms with van der Waals surface area (Å²) in [6.07, 6.45) is 1.31. The third-order valence-corrected chi connectivity index (χ3v) is 3.76. The van der Waals surface area contributed by atoms with Crippen molar-refractivity contribution in [3.05, 3.63) is 29.8 Å². The van der Waals surface area contributed by atoms with Gasteiger partial charge in [-0.3, -0.25) is 0 Å². The highest BCUT2D eigenvalue weighted by Gasteiger charge is 2.42. The summed E-state index contributed by atoms with van der Waals surface area (Å²) < 4.78 is 37.5. The lowest BCUT2D eigenvalue weighted by molar-refractivity contribution is -0.0773. The van der Waals surface area contributed by atoms with E-state index in [1.165, 1.54) is 0 Å². The SMILES string of the molecule is CCCOC1C(Br)CC1Oc1cc(F)ccc1F. The van der Waals surface area contributed by atoms with Crippen LogP contribution in [0.1, 0.15) is 19.8 Å². The second-order valence-corrected chi connectivity index (χ2v) is 5.49. The van der Waals surface area contributed by atoms with Gasteiger partial charge in [-0.05, 0) is 18.6 Å². The van der Waals surface area contributed by atoms with Crippen LogP contribution in [-0.4, -0.2) is 23.6 Å². The van der Waals surface area contributed by atoms with Gasteiger partial charge in [-0.15, -0.1) is 0 Å². The molecule has 0 spiro atoms. The minimum absolute atomic E-state index is 0.0514. The molecule has 5 heteroatoms. The van der Waals surface area contributed by atoms with E-state index in [1.807, 2.05) is 6.92 Å². The Hall–Kier alpha value is -0.680. The van der Waals surface area contributed by atoms with Crippen molar-refractivity contribution in [2.75, 3.05) is 6.61 Å². The molecule has 3 unspecified atom stereocenters. The molecule has 1 saturated carbocycles. The lowest BCUT2D eigenvalue weighted by Crippen LogP contribution is -2.52. The number of rotatable bonds is 5. The van der Waals surface area contributed by atoms with Gasteiger partial charge in [-0.25, -0.2) is 8.78 Å². The summed E-state index contributed by atoms with van der Waals surface area (Å²) in [4.78, 5) is 0.214. The molecule has 1 aliphatic rings. The lowest BCUT2D eigenvalue weighted by atomic mass is 9.91. The maximum Gasteiger partial charge on any atom is 0.165 e. The Morgan fingerprint density at radius 3 is 2.83 bits per heavy atom. The Balaban J connectivity index is 1.98. The van der Waals surface area contributed by atoms with Crippen LogP contribution in [0, 0.1) is 11.6 Å². The molecule has 100 valence electrons. The monoisotopic (exact) mass is 320 g/mol. The molecule has 0 radical (unpaired) electrons. The Bertz CT molecular complexity index is 414. The van der Waals surface area contributed by atoms with Gasteiger partial charge in [0.1, 0.15) is 18.0 Å². The molecule has 18 heavy (non-hydrogen) atoms. The van der Waals surface area contributed by atoms with Crippen LogP contribution in [-0.2, 0) is 4.74 Å². The highest BCUT2D eigenvalue weighted by atomic mass is 79.9. The van der Waals surface area contributed by atoms with Gasteiger partial charge in [-0.1, -0.05) is 22.9 Å². The van der Waals surface area contributed by atoms with E-state index in [1.54, 1.807) is 0 Å². The topological polar surface area (TPSA) is 18.5 Å². The van der Waals surface area contributed by atoms with Gasteiger partial charge in [0, 0.05) is 23.9 Å². The number of hydrogen-bond donors (Lipinski definition) is 0. The van der Waals surface area contributed by atoms with Crippen molar-refractivity contribution >= 4 is 15.9 Å². The van der Waals surface area contributed by atoms with E-state index in [9.17, 15) is 8.78 Å². The largest absolute Gasteiger partial charge is 0.484 e. The fourth-order valence-electron chi connectivity index (χ4n) is 1.84. The van der Waals surface area contributed by atoms with Crippen molar-refractivity contribution in [1.82, 2.24) is 0 Å². The Morgan fingerprint density at radius 1 is 1.39 bits per heavy atom. The first-order chi connectivity index (χ1) is 8.61. The summed E-state index contributed by atoms with van der Waals surface area (Å²) in [6.45, 7) is 2.66. The van der Waals surface area contributed by atoms with E-state index in [-0.39, 0.29) is 22.8 Å². The highest BCUT2D eigenvalue weighted by molar-refractivity contribution is 9.09. The molecule has 3 atom stereocenters. The molecule has 2 rings (SSSR count). The summed E-state index contributed by atoms with van der Waals surface area (Å²) in [7, 11) is 0. The van der Waals surface area contributed by atoms with E-state index in [0.29, 0.717) is 6.61 Å². The fraction of sp³-hybridized carbons (Fsp3) is 0.538. The smallest absolute Gasteiger partial charge is 0.165 e. The third kappa shape index (κ3) is 3.01. The van der Waals surface area contributed by atoms with Gasteiger partial charge in [0.25, 0.3) is 0 Å². The van der Waals surface area contributed by atoms with Crippen LogP contribution >= 0.6 is 15.9 Å². The maximum absolute atomic E-state index is 13.4. The molecule has 1 aromatic rings. The predicted octanol–water partition coefficient (Wildman–Crippen LogP) is 3.67. The highest BCUT2D eigenvalue weighted by Crippen LogP contribution is 2.35. The van der Waals surface area contributed by atoms with Crippen molar-refractivity contribution in [2.24, 2.45) is 0 Å². The number of ether oxygens (including phenoxy) is 2. The molecule has 0 saturated heterocycles. The third-order valence-electron chi connectivity index (χ3n) is 2.87. The summed E-state index contributed by atoms with van der Waals surface area (Å²) in [5.74, 6) is -1.11. The number of benzene rings is 1. The minimum atomic E-state index is -0.552. The van der Waals surface area contributed by atoms with Gasteiger partial charge < -0.3 is 9.47 Å². The van der Waals surface area contributed by atoms with E-state index in [2.05, 4.69) is 15.9 Å². The van der Waals surface area contributed by atoms with Crippen LogP contribution in [0.2, 0.25) is 0 Å². The average molecular weight is 321 g/mol. The van der Waals surface area contributed by atoms with Crippen LogP contribution in [0.5, 0.6) is 5.75 Å². The molecule has 1 fully saturated rings. The first kappa shape index (κ1) is 13.7. The fourth-order valence-corrected chi connectivity index (χ4v) is 2.70. The zero-order chi connectivity index (χ0) is 13.1. The standard InChI is InChI=1S/C13H15BrF2O2/c1-2-5-17-13-9(14)7-12(13)18-11-6-8(15)3-4-10(11)16/h3-4,6,9,12-13H,2,5,7H2,1H3. The molecular weight excluding hydrogens is 306 g/mol. The molecular formula is C13H15BrF2O2. The van der Waals surface area contributed by atoms with E-state index in [4.69, 9.17) is 9.47 Å². The van der Waals surface area contributed by atoms with Gasteiger partial charge in [0.15, 0.2) is 11.6 Å². The molecule has 0 heterocycles. The van der Waals surface area contributed by atoms with E-state index >= 15 is 0 Å². The summed E-state index contributed by atoms with van der Waals surface area (Å²) >= 11 is 3.47. The maximum atomic E-state index is 13.4. The van der Waals surface area contributed by atoms with Crippen LogP contribution in [0.25, 0.3) is 0 Å². The van der Waals surface area contributed by atoms with Gasteiger partial charge >= 0.3 is 0 Å². The van der Waals surface area contributed by atoms with Crippen LogP contribution < -0.4 is 4.74 Å². The Morgan fingerprint density at radius 2 is 2.17 bits per heavy atom. The van der Waals surface area contributed by atoms with E-state index < -0.39 is 11.6 Å². The number of hydrogen-bond acceptors (Lipinski definition) is 2. The quantitative estimate of drug-likeness (QED) is 0.771. The number of halogens is 3. The first-order valence-corrected chi connectivity index (χ1v) is 6.90. The van der Waals surface area contributed by atoms with Crippen molar-refractivity contribution in [3.63, 3.8) is 0 Å². The van der Waals surface area contributed by atoms with Crippen molar-refractivity contribution < 1.29 is 18.3 Å². The van der Waals surface area contributed by atoms with Gasteiger partial charge in [0.05, 0.1) is 0 Å². The molecule has 0 N–H and O–H groups in total. The van der Waals surface area contributed by atoms with Gasteiger partial charge in [-0.2, -0.15) is 0 Å². The zero-order valence-electron chi connectivity index (χ0n) is 10.0. The van der Waals surface area contributed by atoms with Crippen molar-refractivity contribution in [1.29, 1.82) is 0 Å². The second-order valence-electron chi connectivity index (χ2n) is 4.32. The molecule has 0 bridgehead atoms. The Labute approximate surface area is 113 Å². The normalized spacial score (nSPS) is 26.8. The molecule has 0 amide bonds. The average Bonchev–Trinajstić information content (AvgIpc) is 2.33. The zero-order valence-corrected chi connectivity index (χ0v) is 11.6. The van der Waals surface area contributed by atoms with E-state index in [0.717, 1.165) is 31.0 Å². The molecule has 1 aliphatic carbocycles. The van der Waals surface area contributed by atoms with Crippen molar-refractivity contribution in [3.8, 4) is 5.75 Å². The molecule has 1 aromatic carbocycles.